The number of piperidine rings is 1. The van der Waals surface area contributed by atoms with E-state index in [4.69, 9.17) is 29.1 Å². The molecule has 36 heavy (non-hydrogen) atoms. The number of aliphatic carboxylic acids is 1. The van der Waals surface area contributed by atoms with E-state index in [9.17, 15) is 8.78 Å². The molecule has 2 N–H and O–H groups in total. The largest absolute Gasteiger partial charge is 0.486 e. The van der Waals surface area contributed by atoms with Gasteiger partial charge in [0.15, 0.2) is 23.2 Å². The molecule has 0 amide bonds. The summed E-state index contributed by atoms with van der Waals surface area (Å²) in [7, 11) is 2.01. The van der Waals surface area contributed by atoms with E-state index in [0.717, 1.165) is 38.7 Å². The summed E-state index contributed by atoms with van der Waals surface area (Å²) >= 11 is 1.29. The number of halogens is 2. The van der Waals surface area contributed by atoms with Crippen LogP contribution in [-0.2, 0) is 9.59 Å². The molecule has 0 unspecified atom stereocenters. The van der Waals surface area contributed by atoms with E-state index in [2.05, 4.69) is 19.9 Å². The topological polar surface area (TPSA) is 129 Å². The maximum absolute atomic E-state index is 14.0. The maximum Gasteiger partial charge on any atom is 0.324 e. The van der Waals surface area contributed by atoms with Gasteiger partial charge in [-0.05, 0) is 38.3 Å². The van der Waals surface area contributed by atoms with Crippen LogP contribution in [0.4, 0.5) is 14.8 Å². The lowest BCUT2D eigenvalue weighted by atomic mass is 10.0. The first kappa shape index (κ1) is 31.1. The summed E-state index contributed by atoms with van der Waals surface area (Å²) in [6, 6.07) is 3.55. The minimum absolute atomic E-state index is 0.227. The molecule has 202 valence electrons. The van der Waals surface area contributed by atoms with E-state index >= 15 is 0 Å². The lowest BCUT2D eigenvalue weighted by molar-refractivity contribution is -0.134. The van der Waals surface area contributed by atoms with Crippen LogP contribution in [0.5, 0.6) is 5.75 Å². The minimum Gasteiger partial charge on any atom is -0.486 e. The second-order valence-electron chi connectivity index (χ2n) is 8.18. The fourth-order valence-electron chi connectivity index (χ4n) is 3.35. The van der Waals surface area contributed by atoms with Crippen LogP contribution < -0.4 is 9.64 Å². The van der Waals surface area contributed by atoms with E-state index in [1.54, 1.807) is 6.26 Å². The molecule has 0 saturated carbocycles. The monoisotopic (exact) mass is 532 g/mol. The Kier molecular flexibility index (Phi) is 13.8. The molecule has 10 nitrogen and oxygen atoms in total. The molecule has 2 heterocycles. The predicted molar refractivity (Wildman–Crippen MR) is 132 cm³/mol. The SMILES string of the molecule is CC(=O)O.CSc1cc(F)c(OCCN(C)C2CCN(c3nc(C(C)C)no3)CC2)c(F)c1.O=CO. The summed E-state index contributed by atoms with van der Waals surface area (Å²) in [6.45, 7) is 7.37. The second-order valence-corrected chi connectivity index (χ2v) is 9.06. The number of carbonyl (C=O) groups is 2. The Morgan fingerprint density at radius 2 is 1.86 bits per heavy atom. The number of benzene rings is 1. The molecule has 0 radical (unpaired) electrons. The number of nitrogens with zero attached hydrogens (tertiary/aromatic N) is 4. The summed E-state index contributed by atoms with van der Waals surface area (Å²) in [5.41, 5.74) is 0. The van der Waals surface area contributed by atoms with Gasteiger partial charge < -0.3 is 24.4 Å². The van der Waals surface area contributed by atoms with Gasteiger partial charge in [0, 0.05) is 43.4 Å². The van der Waals surface area contributed by atoms with Gasteiger partial charge in [-0.15, -0.1) is 11.8 Å². The maximum atomic E-state index is 14.0. The van der Waals surface area contributed by atoms with Crippen molar-refractivity contribution in [2.45, 2.75) is 50.5 Å². The number of ether oxygens (including phenoxy) is 1. The Labute approximate surface area is 213 Å². The third-order valence-corrected chi connectivity index (χ3v) is 5.91. The highest BCUT2D eigenvalue weighted by atomic mass is 32.2. The van der Waals surface area contributed by atoms with Crippen molar-refractivity contribution in [3.8, 4) is 5.75 Å². The summed E-state index contributed by atoms with van der Waals surface area (Å²) in [5, 5.41) is 18.3. The standard InChI is InChI=1S/C20H28F2N4O2S.C2H4O2.CH2O2/c1-13(2)19-23-20(28-24-19)26-7-5-14(6-8-26)25(3)9-10-27-18-16(21)11-15(29-4)12-17(18)22;1-2(3)4;2-1-3/h11-14H,5-10H2,1-4H3;1H3,(H,3,4);1H,(H,2,3). The fraction of sp³-hybridized carbons (Fsp3) is 0.565. The molecular weight excluding hydrogens is 498 g/mol. The third-order valence-electron chi connectivity index (χ3n) is 5.20. The molecule has 0 atom stereocenters. The van der Waals surface area contributed by atoms with E-state index < -0.39 is 17.6 Å². The number of likely N-dealkylation sites (N-methyl/N-ethyl adjacent to an activating group) is 1. The molecule has 1 aromatic carbocycles. The first-order chi connectivity index (χ1) is 17.0. The Balaban J connectivity index is 0.000000825. The zero-order chi connectivity index (χ0) is 27.3. The average molecular weight is 533 g/mol. The van der Waals surface area contributed by atoms with Gasteiger partial charge in [0.05, 0.1) is 0 Å². The summed E-state index contributed by atoms with van der Waals surface area (Å²) in [4.78, 5) is 26.6. The summed E-state index contributed by atoms with van der Waals surface area (Å²) in [6.07, 6.45) is 3.67. The fourth-order valence-corrected chi connectivity index (χ4v) is 3.80. The van der Waals surface area contributed by atoms with Crippen molar-refractivity contribution >= 4 is 30.2 Å². The van der Waals surface area contributed by atoms with E-state index in [1.165, 1.54) is 23.9 Å². The van der Waals surface area contributed by atoms with Crippen LogP contribution in [-0.4, -0.2) is 83.3 Å². The van der Waals surface area contributed by atoms with Crippen molar-refractivity contribution in [2.24, 2.45) is 0 Å². The number of thioether (sulfide) groups is 1. The van der Waals surface area contributed by atoms with Crippen LogP contribution in [0, 0.1) is 11.6 Å². The number of carboxylic acid groups (broad SMARTS) is 2. The smallest absolute Gasteiger partial charge is 0.324 e. The Bertz CT molecular complexity index is 927. The number of hydrogen-bond donors (Lipinski definition) is 2. The van der Waals surface area contributed by atoms with E-state index in [0.29, 0.717) is 23.5 Å². The van der Waals surface area contributed by atoms with Crippen LogP contribution in [0.1, 0.15) is 45.4 Å². The predicted octanol–water partition coefficient (Wildman–Crippen LogP) is 3.96. The second kappa shape index (κ2) is 15.9. The highest BCUT2D eigenvalue weighted by Gasteiger charge is 2.26. The molecule has 0 bridgehead atoms. The normalized spacial score (nSPS) is 13.5. The van der Waals surface area contributed by atoms with Crippen molar-refractivity contribution in [3.63, 3.8) is 0 Å². The Morgan fingerprint density at radius 3 is 2.31 bits per heavy atom. The van der Waals surface area contributed by atoms with Gasteiger partial charge >= 0.3 is 6.01 Å². The molecule has 0 spiro atoms. The molecule has 1 aliphatic rings. The van der Waals surface area contributed by atoms with Crippen LogP contribution in [0.3, 0.4) is 0 Å². The van der Waals surface area contributed by atoms with Crippen LogP contribution >= 0.6 is 11.8 Å². The first-order valence-electron chi connectivity index (χ1n) is 11.3. The Morgan fingerprint density at radius 1 is 1.33 bits per heavy atom. The van der Waals surface area contributed by atoms with E-state index in [1.807, 2.05) is 20.9 Å². The molecule has 1 fully saturated rings. The molecule has 1 aromatic heterocycles. The van der Waals surface area contributed by atoms with Crippen molar-refractivity contribution in [1.82, 2.24) is 15.0 Å². The first-order valence-corrected chi connectivity index (χ1v) is 12.5. The highest BCUT2D eigenvalue weighted by Crippen LogP contribution is 2.27. The van der Waals surface area contributed by atoms with E-state index in [-0.39, 0.29) is 24.7 Å². The molecule has 2 aromatic rings. The molecule has 3 rings (SSSR count). The number of aromatic nitrogens is 2. The van der Waals surface area contributed by atoms with Gasteiger partial charge in [-0.3, -0.25) is 14.5 Å². The number of hydrogen-bond acceptors (Lipinski definition) is 9. The van der Waals surface area contributed by atoms with Crippen molar-refractivity contribution < 1.29 is 37.8 Å². The van der Waals surface area contributed by atoms with Gasteiger partial charge in [-0.1, -0.05) is 19.0 Å². The zero-order valence-corrected chi connectivity index (χ0v) is 21.9. The molecule has 1 saturated heterocycles. The Hall–Kier alpha value is -2.93. The number of rotatable bonds is 8. The molecule has 0 aliphatic carbocycles. The lowest BCUT2D eigenvalue weighted by Gasteiger charge is -2.35. The number of anilines is 1. The third kappa shape index (κ3) is 10.4. The van der Waals surface area contributed by atoms with Gasteiger partial charge in [0.2, 0.25) is 0 Å². The molecule has 13 heteroatoms. The van der Waals surface area contributed by atoms with Gasteiger partial charge in [0.1, 0.15) is 6.61 Å². The summed E-state index contributed by atoms with van der Waals surface area (Å²) in [5.74, 6) is -1.50. The minimum atomic E-state index is -0.833. The number of carboxylic acids is 1. The quantitative estimate of drug-likeness (QED) is 0.378. The zero-order valence-electron chi connectivity index (χ0n) is 21.1. The summed E-state index contributed by atoms with van der Waals surface area (Å²) < 4.78 is 38.8. The van der Waals surface area contributed by atoms with Crippen LogP contribution in [0.25, 0.3) is 0 Å². The van der Waals surface area contributed by atoms with Crippen molar-refractivity contribution in [1.29, 1.82) is 0 Å². The molecule has 1 aliphatic heterocycles. The average Bonchev–Trinajstić information content (AvgIpc) is 3.31. The highest BCUT2D eigenvalue weighted by molar-refractivity contribution is 7.98. The lowest BCUT2D eigenvalue weighted by Crippen LogP contribution is -2.44. The molecular formula is C23H34F2N4O6S. The van der Waals surface area contributed by atoms with Crippen molar-refractivity contribution in [3.05, 3.63) is 29.6 Å². The van der Waals surface area contributed by atoms with Crippen molar-refractivity contribution in [2.75, 3.05) is 44.4 Å². The van der Waals surface area contributed by atoms with Crippen LogP contribution in [0.15, 0.2) is 21.6 Å². The van der Waals surface area contributed by atoms with Gasteiger partial charge in [-0.25, -0.2) is 8.78 Å². The van der Waals surface area contributed by atoms with Gasteiger partial charge in [-0.2, -0.15) is 4.98 Å². The van der Waals surface area contributed by atoms with Gasteiger partial charge in [0.25, 0.3) is 12.4 Å². The van der Waals surface area contributed by atoms with Crippen LogP contribution in [0.2, 0.25) is 0 Å².